The second-order valence-corrected chi connectivity index (χ2v) is 6.19. The van der Waals surface area contributed by atoms with E-state index in [2.05, 4.69) is 72.9 Å². The van der Waals surface area contributed by atoms with E-state index in [1.165, 1.54) is 21.6 Å². The summed E-state index contributed by atoms with van der Waals surface area (Å²) in [5.74, 6) is 2.25. The van der Waals surface area contributed by atoms with Crippen LogP contribution in [0.1, 0.15) is 23.0 Å². The van der Waals surface area contributed by atoms with Crippen molar-refractivity contribution in [3.63, 3.8) is 0 Å². The number of allylic oxidation sites excluding steroid dienone is 8. The van der Waals surface area contributed by atoms with Gasteiger partial charge in [-0.3, -0.25) is 0 Å². The summed E-state index contributed by atoms with van der Waals surface area (Å²) in [5, 5.41) is 2.90. The van der Waals surface area contributed by atoms with Gasteiger partial charge in [-0.05, 0) is 21.6 Å². The minimum atomic E-state index is 0.558. The van der Waals surface area contributed by atoms with Gasteiger partial charge in [-0.25, -0.2) is 0 Å². The third-order valence-electron chi connectivity index (χ3n) is 5.11. The van der Waals surface area contributed by atoms with Crippen LogP contribution in [-0.2, 0) is 0 Å². The van der Waals surface area contributed by atoms with Gasteiger partial charge in [0, 0.05) is 23.7 Å². The zero-order valence-corrected chi connectivity index (χ0v) is 11.2. The molecule has 0 saturated heterocycles. The molecule has 4 atom stereocenters. The molecule has 0 radical (unpaired) electrons. The predicted octanol–water partition coefficient (Wildman–Crippen LogP) is 2.93. The van der Waals surface area contributed by atoms with Gasteiger partial charge >= 0.3 is 0 Å². The maximum absolute atomic E-state index is 2.44. The molecule has 0 bridgehead atoms. The van der Waals surface area contributed by atoms with Crippen molar-refractivity contribution < 1.29 is 0 Å². The molecule has 0 spiro atoms. The molecule has 20 heavy (non-hydrogen) atoms. The molecular formula is C20H16. The molecule has 0 aromatic heterocycles. The van der Waals surface area contributed by atoms with Crippen molar-refractivity contribution >= 4 is 12.2 Å². The monoisotopic (exact) mass is 256 g/mol. The van der Waals surface area contributed by atoms with Crippen LogP contribution < -0.4 is 10.4 Å². The Labute approximate surface area is 118 Å². The van der Waals surface area contributed by atoms with E-state index in [0.717, 1.165) is 0 Å². The van der Waals surface area contributed by atoms with E-state index in [9.17, 15) is 0 Å². The van der Waals surface area contributed by atoms with Gasteiger partial charge in [-0.15, -0.1) is 0 Å². The summed E-state index contributed by atoms with van der Waals surface area (Å²) < 4.78 is 0. The van der Waals surface area contributed by atoms with Crippen molar-refractivity contribution in [1.82, 2.24) is 0 Å². The lowest BCUT2D eigenvalue weighted by Crippen LogP contribution is -2.17. The molecule has 0 nitrogen and oxygen atoms in total. The fraction of sp³-hybridized carbons (Fsp3) is 0.200. The lowest BCUT2D eigenvalue weighted by Gasteiger charge is -2.17. The molecule has 0 heterocycles. The molecule has 1 aromatic carbocycles. The Kier molecular flexibility index (Phi) is 1.99. The zero-order valence-electron chi connectivity index (χ0n) is 11.2. The van der Waals surface area contributed by atoms with Crippen LogP contribution in [0.5, 0.6) is 0 Å². The molecule has 0 saturated carbocycles. The van der Waals surface area contributed by atoms with Gasteiger partial charge in [0.15, 0.2) is 0 Å². The average Bonchev–Trinajstić information content (AvgIpc) is 3.02. The van der Waals surface area contributed by atoms with Crippen molar-refractivity contribution in [3.05, 3.63) is 82.3 Å². The number of benzene rings is 1. The van der Waals surface area contributed by atoms with E-state index in [1.54, 1.807) is 0 Å². The van der Waals surface area contributed by atoms with Crippen molar-refractivity contribution in [3.8, 4) is 0 Å². The number of hydrogen-bond acceptors (Lipinski definition) is 0. The van der Waals surface area contributed by atoms with Crippen LogP contribution in [0.3, 0.4) is 0 Å². The second kappa shape index (κ2) is 3.73. The van der Waals surface area contributed by atoms with E-state index in [1.807, 2.05) is 0 Å². The number of rotatable bonds is 0. The van der Waals surface area contributed by atoms with Crippen molar-refractivity contribution in [1.29, 1.82) is 0 Å². The Hall–Kier alpha value is -2.08. The normalized spacial score (nSPS) is 34.0. The van der Waals surface area contributed by atoms with E-state index in [0.29, 0.717) is 23.7 Å². The van der Waals surface area contributed by atoms with Gasteiger partial charge in [0.25, 0.3) is 0 Å². The summed E-state index contributed by atoms with van der Waals surface area (Å²) in [6.45, 7) is 0. The standard InChI is InChI=1S/C20H16/c1-3-7-17-13(5-1)9-15-11-20-16(12-19(15)17)10-14-6-2-4-8-18(14)20/h1-14,17-18H. The highest BCUT2D eigenvalue weighted by molar-refractivity contribution is 5.57. The molecule has 0 fully saturated rings. The molecule has 0 amide bonds. The van der Waals surface area contributed by atoms with Gasteiger partial charge in [0.05, 0.1) is 0 Å². The highest BCUT2D eigenvalue weighted by Gasteiger charge is 2.29. The maximum atomic E-state index is 2.44. The third kappa shape index (κ3) is 1.31. The number of fused-ring (bicyclic) bond motifs is 6. The third-order valence-corrected chi connectivity index (χ3v) is 5.11. The highest BCUT2D eigenvalue weighted by atomic mass is 14.3. The fourth-order valence-corrected chi connectivity index (χ4v) is 4.14. The van der Waals surface area contributed by atoms with Crippen LogP contribution >= 0.6 is 0 Å². The quantitative estimate of drug-likeness (QED) is 0.669. The zero-order chi connectivity index (χ0) is 13.1. The Balaban J connectivity index is 1.73. The Morgan fingerprint density at radius 3 is 1.50 bits per heavy atom. The first-order valence-corrected chi connectivity index (χ1v) is 7.48. The van der Waals surface area contributed by atoms with Gasteiger partial charge in [0.2, 0.25) is 0 Å². The van der Waals surface area contributed by atoms with Crippen molar-refractivity contribution in [2.75, 3.05) is 0 Å². The molecule has 0 aliphatic heterocycles. The molecule has 4 aliphatic rings. The smallest absolute Gasteiger partial charge is 0.0125 e. The molecule has 4 unspecified atom stereocenters. The van der Waals surface area contributed by atoms with E-state index in [4.69, 9.17) is 0 Å². The molecule has 4 aliphatic carbocycles. The predicted molar refractivity (Wildman–Crippen MR) is 83.6 cm³/mol. The molecule has 96 valence electrons. The van der Waals surface area contributed by atoms with Crippen LogP contribution in [-0.4, -0.2) is 0 Å². The lowest BCUT2D eigenvalue weighted by molar-refractivity contribution is 0.748. The summed E-state index contributed by atoms with van der Waals surface area (Å²) in [7, 11) is 0. The van der Waals surface area contributed by atoms with E-state index >= 15 is 0 Å². The molecule has 0 heteroatoms. The summed E-state index contributed by atoms with van der Waals surface area (Å²) >= 11 is 0. The van der Waals surface area contributed by atoms with Gasteiger partial charge < -0.3 is 0 Å². The summed E-state index contributed by atoms with van der Waals surface area (Å²) in [6, 6.07) is 4.88. The minimum absolute atomic E-state index is 0.558. The first-order valence-electron chi connectivity index (χ1n) is 7.48. The van der Waals surface area contributed by atoms with Crippen LogP contribution in [0.15, 0.2) is 60.7 Å². The maximum Gasteiger partial charge on any atom is 0.0125 e. The summed E-state index contributed by atoms with van der Waals surface area (Å²) in [4.78, 5) is 0. The molecule has 1 aromatic rings. The van der Waals surface area contributed by atoms with Crippen molar-refractivity contribution in [2.45, 2.75) is 11.8 Å². The van der Waals surface area contributed by atoms with Crippen LogP contribution in [0.4, 0.5) is 0 Å². The van der Waals surface area contributed by atoms with Gasteiger partial charge in [-0.1, -0.05) is 72.9 Å². The van der Waals surface area contributed by atoms with E-state index in [-0.39, 0.29) is 0 Å². The number of hydrogen-bond donors (Lipinski definition) is 0. The Bertz CT molecular complexity index is 758. The second-order valence-electron chi connectivity index (χ2n) is 6.19. The fourth-order valence-electron chi connectivity index (χ4n) is 4.14. The van der Waals surface area contributed by atoms with Gasteiger partial charge in [-0.2, -0.15) is 0 Å². The van der Waals surface area contributed by atoms with Crippen molar-refractivity contribution in [2.24, 2.45) is 11.8 Å². The van der Waals surface area contributed by atoms with Crippen LogP contribution in [0.25, 0.3) is 12.2 Å². The first-order chi connectivity index (χ1) is 9.90. The lowest BCUT2D eigenvalue weighted by atomic mass is 9.86. The van der Waals surface area contributed by atoms with Crippen LogP contribution in [0.2, 0.25) is 0 Å². The molecule has 5 rings (SSSR count). The first kappa shape index (κ1) is 10.7. The summed E-state index contributed by atoms with van der Waals surface area (Å²) in [6.07, 6.45) is 23.0. The molecular weight excluding hydrogens is 240 g/mol. The largest absolute Gasteiger partial charge is 0.0767 e. The Morgan fingerprint density at radius 1 is 0.550 bits per heavy atom. The molecule has 0 N–H and O–H groups in total. The topological polar surface area (TPSA) is 0 Å². The van der Waals surface area contributed by atoms with Crippen LogP contribution in [0, 0.1) is 11.8 Å². The Morgan fingerprint density at radius 2 is 1.00 bits per heavy atom. The highest BCUT2D eigenvalue weighted by Crippen LogP contribution is 2.36. The van der Waals surface area contributed by atoms with Gasteiger partial charge in [0.1, 0.15) is 0 Å². The minimum Gasteiger partial charge on any atom is -0.0767 e. The van der Waals surface area contributed by atoms with E-state index < -0.39 is 0 Å². The average molecular weight is 256 g/mol. The summed E-state index contributed by atoms with van der Waals surface area (Å²) in [5.41, 5.74) is 3.02. The SMILES string of the molecule is C1=CC2C=c3cc4c(cc3C2C=C1)=CC1C=CC=CC41.